The molecule has 1 aromatic carbocycles. The van der Waals surface area contributed by atoms with E-state index in [4.69, 9.17) is 0 Å². The van der Waals surface area contributed by atoms with Crippen molar-refractivity contribution in [1.29, 1.82) is 0 Å². The van der Waals surface area contributed by atoms with Crippen molar-refractivity contribution in [3.63, 3.8) is 0 Å². The van der Waals surface area contributed by atoms with Gasteiger partial charge in [-0.15, -0.1) is 0 Å². The van der Waals surface area contributed by atoms with Gasteiger partial charge in [0.05, 0.1) is 6.54 Å². The topological polar surface area (TPSA) is 24.7 Å². The van der Waals surface area contributed by atoms with Crippen LogP contribution in [-0.4, -0.2) is 24.3 Å². The molecule has 0 bridgehead atoms. The lowest BCUT2D eigenvalue weighted by Crippen LogP contribution is -3.12. The molecule has 1 aliphatic rings. The maximum atomic E-state index is 12.9. The smallest absolute Gasteiger partial charge is 0.123 e. The van der Waals surface area contributed by atoms with Crippen molar-refractivity contribution in [2.45, 2.75) is 25.5 Å². The molecule has 15 heavy (non-hydrogen) atoms. The number of piperidine rings is 1. The number of nitrogens with one attached hydrogen (secondary N) is 1. The van der Waals surface area contributed by atoms with E-state index in [0.29, 0.717) is 0 Å². The first-order valence-corrected chi connectivity index (χ1v) is 5.50. The molecular formula is C12H17FNO+. The quantitative estimate of drug-likeness (QED) is 0.724. The number of aliphatic hydroxyl groups excluding tert-OH is 1. The van der Waals surface area contributed by atoms with Gasteiger partial charge in [0.1, 0.15) is 25.0 Å². The average Bonchev–Trinajstić information content (AvgIpc) is 2.17. The molecule has 2 nitrogen and oxygen atoms in total. The van der Waals surface area contributed by atoms with E-state index in [0.717, 1.165) is 38.0 Å². The highest BCUT2D eigenvalue weighted by molar-refractivity contribution is 5.14. The van der Waals surface area contributed by atoms with Gasteiger partial charge < -0.3 is 10.0 Å². The predicted molar refractivity (Wildman–Crippen MR) is 56.0 cm³/mol. The van der Waals surface area contributed by atoms with Crippen LogP contribution in [0.25, 0.3) is 0 Å². The van der Waals surface area contributed by atoms with Crippen LogP contribution in [0, 0.1) is 5.82 Å². The van der Waals surface area contributed by atoms with E-state index in [1.54, 1.807) is 12.1 Å². The average molecular weight is 210 g/mol. The minimum Gasteiger partial charge on any atom is -0.387 e. The summed E-state index contributed by atoms with van der Waals surface area (Å²) in [5.41, 5.74) is 1.01. The maximum absolute atomic E-state index is 12.9. The summed E-state index contributed by atoms with van der Waals surface area (Å²) in [6, 6.07) is 6.72. The summed E-state index contributed by atoms with van der Waals surface area (Å²) in [7, 11) is 0. The van der Waals surface area contributed by atoms with Gasteiger partial charge >= 0.3 is 0 Å². The van der Waals surface area contributed by atoms with Crippen molar-refractivity contribution < 1.29 is 14.4 Å². The van der Waals surface area contributed by atoms with Crippen molar-refractivity contribution in [2.75, 3.05) is 13.1 Å². The van der Waals surface area contributed by atoms with Crippen molar-refractivity contribution in [1.82, 2.24) is 0 Å². The van der Waals surface area contributed by atoms with E-state index < -0.39 is 0 Å². The molecule has 1 fully saturated rings. The Balaban J connectivity index is 1.96. The van der Waals surface area contributed by atoms with Crippen LogP contribution in [0.4, 0.5) is 4.39 Å². The van der Waals surface area contributed by atoms with Crippen LogP contribution in [0.15, 0.2) is 24.3 Å². The summed E-state index contributed by atoms with van der Waals surface area (Å²) in [6.07, 6.45) is 1.79. The van der Waals surface area contributed by atoms with Gasteiger partial charge in [0.25, 0.3) is 0 Å². The highest BCUT2D eigenvalue weighted by Gasteiger charge is 2.20. The number of hydrogen-bond acceptors (Lipinski definition) is 1. The van der Waals surface area contributed by atoms with Gasteiger partial charge in [0.15, 0.2) is 0 Å². The fourth-order valence-corrected chi connectivity index (χ4v) is 2.22. The second kappa shape index (κ2) is 4.73. The number of halogens is 1. The summed E-state index contributed by atoms with van der Waals surface area (Å²) in [4.78, 5) is 1.35. The molecule has 1 aromatic rings. The molecule has 1 aliphatic heterocycles. The monoisotopic (exact) mass is 210 g/mol. The maximum Gasteiger partial charge on any atom is 0.123 e. The standard InChI is InChI=1S/C12H16FNO/c13-11-4-1-3-10(7-11)8-14-6-2-5-12(15)9-14/h1,3-4,7,12,15H,2,5-6,8-9H2/p+1/t12-/m1/s1. The predicted octanol–water partition coefficient (Wildman–Crippen LogP) is 0.365. The molecule has 0 saturated carbocycles. The van der Waals surface area contributed by atoms with E-state index in [1.165, 1.54) is 11.0 Å². The summed E-state index contributed by atoms with van der Waals surface area (Å²) in [5.74, 6) is -0.176. The number of rotatable bonds is 2. The van der Waals surface area contributed by atoms with Gasteiger partial charge in [-0.05, 0) is 25.0 Å². The second-order valence-electron chi connectivity index (χ2n) is 4.31. The number of hydrogen-bond donors (Lipinski definition) is 2. The highest BCUT2D eigenvalue weighted by atomic mass is 19.1. The minimum atomic E-state index is -0.178. The third-order valence-electron chi connectivity index (χ3n) is 2.94. The normalized spacial score (nSPS) is 26.5. The van der Waals surface area contributed by atoms with Gasteiger partial charge in [-0.1, -0.05) is 12.1 Å². The van der Waals surface area contributed by atoms with Crippen LogP contribution in [0.5, 0.6) is 0 Å². The number of quaternary nitrogens is 1. The van der Waals surface area contributed by atoms with Gasteiger partial charge in [-0.2, -0.15) is 0 Å². The third-order valence-corrected chi connectivity index (χ3v) is 2.94. The highest BCUT2D eigenvalue weighted by Crippen LogP contribution is 2.03. The fourth-order valence-electron chi connectivity index (χ4n) is 2.22. The second-order valence-corrected chi connectivity index (χ2v) is 4.31. The zero-order valence-electron chi connectivity index (χ0n) is 8.75. The lowest BCUT2D eigenvalue weighted by atomic mass is 10.1. The van der Waals surface area contributed by atoms with Crippen LogP contribution in [0.3, 0.4) is 0 Å². The molecule has 0 aromatic heterocycles. The Bertz CT molecular complexity index is 329. The Morgan fingerprint density at radius 1 is 1.47 bits per heavy atom. The lowest BCUT2D eigenvalue weighted by molar-refractivity contribution is -0.921. The zero-order valence-corrected chi connectivity index (χ0v) is 8.75. The molecule has 2 atom stereocenters. The number of benzene rings is 1. The van der Waals surface area contributed by atoms with Gasteiger partial charge in [0, 0.05) is 5.56 Å². The Kier molecular flexibility index (Phi) is 3.34. The van der Waals surface area contributed by atoms with Crippen molar-refractivity contribution in [3.8, 4) is 0 Å². The molecule has 1 heterocycles. The largest absolute Gasteiger partial charge is 0.387 e. The molecule has 0 spiro atoms. The molecule has 1 unspecified atom stereocenters. The molecule has 2 N–H and O–H groups in total. The van der Waals surface area contributed by atoms with Gasteiger partial charge in [-0.3, -0.25) is 0 Å². The molecule has 2 rings (SSSR count). The molecule has 1 saturated heterocycles. The zero-order chi connectivity index (χ0) is 10.7. The number of aliphatic hydroxyl groups is 1. The van der Waals surface area contributed by atoms with Crippen LogP contribution < -0.4 is 4.90 Å². The van der Waals surface area contributed by atoms with Crippen LogP contribution in [0.1, 0.15) is 18.4 Å². The summed E-state index contributed by atoms with van der Waals surface area (Å²) in [6.45, 7) is 2.68. The van der Waals surface area contributed by atoms with Crippen molar-refractivity contribution in [3.05, 3.63) is 35.6 Å². The summed E-state index contributed by atoms with van der Waals surface area (Å²) < 4.78 is 12.9. The molecule has 0 amide bonds. The van der Waals surface area contributed by atoms with E-state index >= 15 is 0 Å². The molecule has 0 aliphatic carbocycles. The summed E-state index contributed by atoms with van der Waals surface area (Å²) in [5, 5.41) is 9.52. The van der Waals surface area contributed by atoms with E-state index in [9.17, 15) is 9.50 Å². The van der Waals surface area contributed by atoms with Gasteiger partial charge in [-0.25, -0.2) is 4.39 Å². The lowest BCUT2D eigenvalue weighted by Gasteiger charge is -2.27. The first-order valence-electron chi connectivity index (χ1n) is 5.50. The molecule has 3 heteroatoms. The Labute approximate surface area is 89.3 Å². The van der Waals surface area contributed by atoms with Crippen LogP contribution in [0.2, 0.25) is 0 Å². The summed E-state index contributed by atoms with van der Waals surface area (Å²) >= 11 is 0. The third kappa shape index (κ3) is 3.01. The first kappa shape index (κ1) is 10.6. The van der Waals surface area contributed by atoms with Crippen LogP contribution in [-0.2, 0) is 6.54 Å². The SMILES string of the molecule is O[C@@H]1CCC[NH+](Cc2cccc(F)c2)C1. The fraction of sp³-hybridized carbons (Fsp3) is 0.500. The Morgan fingerprint density at radius 3 is 3.07 bits per heavy atom. The van der Waals surface area contributed by atoms with Crippen molar-refractivity contribution in [2.24, 2.45) is 0 Å². The van der Waals surface area contributed by atoms with E-state index in [2.05, 4.69) is 0 Å². The Morgan fingerprint density at radius 2 is 2.33 bits per heavy atom. The molecular weight excluding hydrogens is 193 g/mol. The van der Waals surface area contributed by atoms with Gasteiger partial charge in [0.2, 0.25) is 0 Å². The van der Waals surface area contributed by atoms with E-state index in [1.807, 2.05) is 6.07 Å². The number of likely N-dealkylation sites (tertiary alicyclic amines) is 1. The van der Waals surface area contributed by atoms with E-state index in [-0.39, 0.29) is 11.9 Å². The minimum absolute atomic E-state index is 0.176. The molecule has 82 valence electrons. The van der Waals surface area contributed by atoms with Crippen molar-refractivity contribution >= 4 is 0 Å². The molecule has 0 radical (unpaired) electrons. The first-order chi connectivity index (χ1) is 7.24. The Hall–Kier alpha value is -0.930. The van der Waals surface area contributed by atoms with Crippen LogP contribution >= 0.6 is 0 Å².